The quantitative estimate of drug-likeness (QED) is 0.0979. The maximum absolute atomic E-state index is 11.6. The van der Waals surface area contributed by atoms with Crippen molar-refractivity contribution in [3.8, 4) is 11.5 Å². The van der Waals surface area contributed by atoms with E-state index in [-0.39, 0.29) is 10.6 Å². The average molecular weight is 725 g/mol. The van der Waals surface area contributed by atoms with Crippen LogP contribution in [0.15, 0.2) is 12.1 Å². The first-order chi connectivity index (χ1) is 15.5. The number of nitrogens with zero attached hydrogens (tertiary/aromatic N) is 1. The number of hydrogen-bond acceptors (Lipinski definition) is 8. The Morgan fingerprint density at radius 2 is 1.69 bits per heavy atom. The Morgan fingerprint density at radius 3 is 2.22 bits per heavy atom. The van der Waals surface area contributed by atoms with Gasteiger partial charge in [0.15, 0.2) is 0 Å². The summed E-state index contributed by atoms with van der Waals surface area (Å²) < 4.78 is 29.4. The second-order valence-electron chi connectivity index (χ2n) is 7.06. The molecule has 9 nitrogen and oxygen atoms in total. The summed E-state index contributed by atoms with van der Waals surface area (Å²) in [7, 11) is -1.07. The zero-order chi connectivity index (χ0) is 23.8. The molecule has 32 heavy (non-hydrogen) atoms. The summed E-state index contributed by atoms with van der Waals surface area (Å²) in [6.07, 6.45) is 2.74. The Labute approximate surface area is 186 Å². The van der Waals surface area contributed by atoms with Crippen LogP contribution in [0.25, 0.3) is 0 Å². The third-order valence-electron chi connectivity index (χ3n) is 4.71. The van der Waals surface area contributed by atoms with Crippen LogP contribution in [0.3, 0.4) is 0 Å². The van der Waals surface area contributed by atoms with Crippen molar-refractivity contribution in [3.63, 3.8) is 0 Å². The number of nitro groups is 1. The monoisotopic (exact) mass is 724 g/mol. The maximum Gasteiger partial charge on any atom is 0.0355 e. The Hall–Kier alpha value is -2.72. The Kier molecular flexibility index (Phi) is 12.9. The first-order valence-corrected chi connectivity index (χ1v) is 17.8. The SMILES string of the molecule is CCO[Si](CCCCNCc1cc(OC)c(OCC[CH2][Rf])cc1[N+](=O)[O-])(OCC)OCC. The van der Waals surface area contributed by atoms with Crippen LogP contribution in [0.5, 0.6) is 11.5 Å². The molecule has 0 saturated carbocycles. The van der Waals surface area contributed by atoms with Gasteiger partial charge in [0.05, 0.1) is 0 Å². The zero-order valence-corrected chi connectivity index (χ0v) is 27.3. The van der Waals surface area contributed by atoms with Crippen LogP contribution < -0.4 is 14.8 Å². The Bertz CT molecular complexity index is 665. The average Bonchev–Trinajstić information content (AvgIpc) is 2.77. The van der Waals surface area contributed by atoms with E-state index in [1.165, 1.54) is 13.0 Å². The summed E-state index contributed by atoms with van der Waals surface area (Å²) in [6.45, 7) is 10.4. The van der Waals surface area contributed by atoms with Crippen LogP contribution >= 0.6 is 0 Å². The third-order valence-corrected chi connectivity index (χ3v) is 10.1. The molecule has 0 amide bonds. The standard InChI is InChI=1S/C21H37N2O7Si.Rf/c1-6-13-27-21-16-19(23(24)25)18(15-20(21)26-5)17-22-12-10-11-14-31(28-7-2,29-8-3)30-9-4;/h15-16,22H,1,6-14,17H2,2-5H3;. The van der Waals surface area contributed by atoms with Crippen LogP contribution in [0.1, 0.15) is 45.6 Å². The number of hydrogen-bond donors (Lipinski definition) is 1. The van der Waals surface area contributed by atoms with Crippen molar-refractivity contribution < 1.29 is 27.7 Å². The largest absolute Gasteiger partial charge is 0.374 e. The fraction of sp³-hybridized carbons (Fsp3) is 0.714. The van der Waals surface area contributed by atoms with Gasteiger partial charge in [0.2, 0.25) is 0 Å². The van der Waals surface area contributed by atoms with Crippen LogP contribution in [0.4, 0.5) is 5.69 Å². The van der Waals surface area contributed by atoms with Gasteiger partial charge < -0.3 is 13.3 Å². The zero-order valence-electron chi connectivity index (χ0n) is 19.9. The molecule has 1 aromatic rings. The van der Waals surface area contributed by atoms with E-state index in [1.54, 1.807) is 13.2 Å². The normalized spacial score (nSPS) is 11.6. The number of unbranched alkanes of at least 4 members (excludes halogenated alkanes) is 1. The molecule has 0 aromatic heterocycles. The number of nitrogens with one attached hydrogen (secondary N) is 1. The molecule has 0 aliphatic heterocycles. The van der Waals surface area contributed by atoms with Gasteiger partial charge in [0.25, 0.3) is 0 Å². The minimum Gasteiger partial charge on any atom is -0.374 e. The van der Waals surface area contributed by atoms with Gasteiger partial charge in [0.1, 0.15) is 0 Å². The number of benzene rings is 1. The summed E-state index contributed by atoms with van der Waals surface area (Å²) >= 11 is 0. The number of rotatable bonds is 19. The molecular weight excluding hydrogens is 687 g/mol. The van der Waals surface area contributed by atoms with Crippen LogP contribution in [-0.2, 0) is 19.8 Å². The number of nitro benzene ring substituents is 1. The summed E-state index contributed by atoms with van der Waals surface area (Å²) in [5, 5.41) is 14.9. The van der Waals surface area contributed by atoms with E-state index in [1.807, 2.05) is 20.8 Å². The topological polar surface area (TPSA) is 101 Å². The van der Waals surface area contributed by atoms with Gasteiger partial charge in [-0.25, -0.2) is 0 Å². The van der Waals surface area contributed by atoms with Crippen molar-refractivity contribution in [1.82, 2.24) is 5.32 Å². The van der Waals surface area contributed by atoms with Crippen molar-refractivity contribution in [2.24, 2.45) is 0 Å². The van der Waals surface area contributed by atoms with Crippen LogP contribution in [0.2, 0.25) is 13.0 Å². The van der Waals surface area contributed by atoms with E-state index in [2.05, 4.69) is 5.32 Å². The van der Waals surface area contributed by atoms with Crippen LogP contribution in [0, 0.1) is 10.1 Å². The van der Waals surface area contributed by atoms with Gasteiger partial charge in [-0.1, -0.05) is 0 Å². The maximum atomic E-state index is 11.6. The molecule has 0 radical (unpaired) electrons. The van der Waals surface area contributed by atoms with Gasteiger partial charge in [-0.2, -0.15) is 0 Å². The van der Waals surface area contributed by atoms with Gasteiger partial charge in [-0.3, -0.25) is 0 Å². The molecule has 1 aromatic carbocycles. The summed E-state index contributed by atoms with van der Waals surface area (Å²) in [5.41, 5.74) is 0.617. The number of ether oxygens (including phenoxy) is 2. The molecule has 0 bridgehead atoms. The minimum absolute atomic E-state index is 0.0411. The van der Waals surface area contributed by atoms with Gasteiger partial charge in [0, 0.05) is 25.9 Å². The molecule has 0 atom stereocenters. The first-order valence-electron chi connectivity index (χ1n) is 11.4. The van der Waals surface area contributed by atoms with Crippen molar-refractivity contribution in [2.75, 3.05) is 40.1 Å². The summed E-state index contributed by atoms with van der Waals surface area (Å²) in [4.78, 5) is 11.2. The molecule has 0 aliphatic rings. The molecule has 0 saturated heterocycles. The molecular formula is C21H37N2O7RfSi. The fourth-order valence-corrected chi connectivity index (χ4v) is 6.88. The van der Waals surface area contributed by atoms with E-state index in [4.69, 9.17) is 22.8 Å². The van der Waals surface area contributed by atoms with Crippen molar-refractivity contribution >= 4 is 14.5 Å². The Balaban J connectivity index is 2.66. The van der Waals surface area contributed by atoms with Crippen molar-refractivity contribution in [1.29, 1.82) is 0 Å². The second kappa shape index (κ2) is 15.1. The van der Waals surface area contributed by atoms with E-state index in [9.17, 15) is 10.1 Å². The third kappa shape index (κ3) is 8.79. The van der Waals surface area contributed by atoms with Gasteiger partial charge in [-0.05, 0) is 27.2 Å². The molecule has 1 rings (SSSR count). The van der Waals surface area contributed by atoms with Gasteiger partial charge >= 0.3 is 120 Å². The van der Waals surface area contributed by atoms with Crippen molar-refractivity contribution in [2.45, 2.75) is 59.5 Å². The molecule has 0 unspecified atom stereocenters. The molecule has 0 fully saturated rings. The van der Waals surface area contributed by atoms with E-state index in [0.717, 1.165) is 31.9 Å². The smallest absolute Gasteiger partial charge is 0.0355 e. The molecule has 179 valence electrons. The van der Waals surface area contributed by atoms with Crippen LogP contribution in [-0.4, -0.2) is 53.8 Å². The molecule has 0 spiro atoms. The Morgan fingerprint density at radius 1 is 1.03 bits per heavy atom. The van der Waals surface area contributed by atoms with E-state index in [0.29, 0.717) is 50.0 Å². The molecule has 11 heteroatoms. The molecule has 0 aliphatic carbocycles. The van der Waals surface area contributed by atoms with E-state index < -0.39 is 8.80 Å². The summed E-state index contributed by atoms with van der Waals surface area (Å²) in [5.74, 6) is 0.948. The van der Waals surface area contributed by atoms with Crippen molar-refractivity contribution in [3.05, 3.63) is 27.8 Å². The number of methoxy groups -OCH3 is 1. The predicted octanol–water partition coefficient (Wildman–Crippen LogP) is 4.26. The summed E-state index contributed by atoms with van der Waals surface area (Å²) in [6, 6.07) is 3.93. The molecule has 0 heterocycles. The van der Waals surface area contributed by atoms with E-state index >= 15 is 0 Å². The first kappa shape index (κ1) is 27.3. The predicted molar refractivity (Wildman–Crippen MR) is 121 cm³/mol. The fourth-order valence-electron chi connectivity index (χ4n) is 3.28. The second-order valence-corrected chi connectivity index (χ2v) is 13.0. The minimum atomic E-state index is -2.62. The molecule has 1 N–H and O–H groups in total. The van der Waals surface area contributed by atoms with Gasteiger partial charge in [-0.15, -0.1) is 0 Å².